The van der Waals surface area contributed by atoms with Crippen molar-refractivity contribution in [1.29, 1.82) is 0 Å². The van der Waals surface area contributed by atoms with Crippen molar-refractivity contribution >= 4 is 23.7 Å². The zero-order chi connectivity index (χ0) is 19.2. The number of nitrogens with one attached hydrogen (secondary N) is 1. The topological polar surface area (TPSA) is 84.0 Å². The molecule has 1 aromatic heterocycles. The summed E-state index contributed by atoms with van der Waals surface area (Å²) in [5.41, 5.74) is 1.92. The van der Waals surface area contributed by atoms with Crippen molar-refractivity contribution in [2.75, 3.05) is 50.6 Å². The molecule has 0 bridgehead atoms. The van der Waals surface area contributed by atoms with Crippen molar-refractivity contribution in [3.8, 4) is 11.5 Å². The molecule has 0 spiro atoms. The maximum Gasteiger partial charge on any atom is 0.257 e. The Morgan fingerprint density at radius 3 is 2.48 bits per heavy atom. The first-order chi connectivity index (χ1) is 13.1. The van der Waals surface area contributed by atoms with E-state index in [0.717, 1.165) is 12.1 Å². The third-order valence-corrected chi connectivity index (χ3v) is 4.46. The van der Waals surface area contributed by atoms with Gasteiger partial charge >= 0.3 is 0 Å². The fourth-order valence-electron chi connectivity index (χ4n) is 2.93. The molecule has 1 aromatic carbocycles. The van der Waals surface area contributed by atoms with Crippen LogP contribution in [0.2, 0.25) is 0 Å². The quantitative estimate of drug-likeness (QED) is 0.778. The van der Waals surface area contributed by atoms with Gasteiger partial charge in [0, 0.05) is 44.1 Å². The van der Waals surface area contributed by atoms with Gasteiger partial charge in [-0.15, -0.1) is 0 Å². The maximum absolute atomic E-state index is 12.6. The van der Waals surface area contributed by atoms with Crippen molar-refractivity contribution in [2.24, 2.45) is 0 Å². The molecule has 0 unspecified atom stereocenters. The highest BCUT2D eigenvalue weighted by Gasteiger charge is 2.17. The number of nitrogens with zero attached hydrogens (tertiary/aromatic N) is 3. The maximum atomic E-state index is 12.6. The first kappa shape index (κ1) is 18.5. The molecule has 3 rings (SSSR count). The SMILES string of the molecule is COc1ccc(NC(=O)c2cncc(N3CCN(C=O)CC3)c2)cc1OC. The zero-order valence-electron chi connectivity index (χ0n) is 15.3. The van der Waals surface area contributed by atoms with E-state index in [2.05, 4.69) is 15.2 Å². The number of pyridine rings is 1. The van der Waals surface area contributed by atoms with Gasteiger partial charge in [-0.1, -0.05) is 0 Å². The molecule has 2 amide bonds. The third kappa shape index (κ3) is 4.28. The number of benzene rings is 1. The Hall–Kier alpha value is -3.29. The smallest absolute Gasteiger partial charge is 0.257 e. The Balaban J connectivity index is 1.71. The van der Waals surface area contributed by atoms with E-state index in [1.165, 1.54) is 6.20 Å². The van der Waals surface area contributed by atoms with E-state index in [1.54, 1.807) is 49.6 Å². The molecule has 1 N–H and O–H groups in total. The first-order valence-electron chi connectivity index (χ1n) is 8.57. The Bertz CT molecular complexity index is 819. The Morgan fingerprint density at radius 1 is 1.07 bits per heavy atom. The second kappa shape index (κ2) is 8.39. The molecular formula is C19H22N4O4. The summed E-state index contributed by atoms with van der Waals surface area (Å²) in [6, 6.07) is 6.98. The molecule has 0 radical (unpaired) electrons. The highest BCUT2D eigenvalue weighted by Crippen LogP contribution is 2.30. The summed E-state index contributed by atoms with van der Waals surface area (Å²) >= 11 is 0. The number of hydrogen-bond acceptors (Lipinski definition) is 6. The van der Waals surface area contributed by atoms with Crippen LogP contribution in [0, 0.1) is 0 Å². The number of anilines is 2. The highest BCUT2D eigenvalue weighted by molar-refractivity contribution is 6.04. The van der Waals surface area contributed by atoms with Crippen LogP contribution in [0.1, 0.15) is 10.4 Å². The number of carbonyl (C=O) groups is 2. The molecular weight excluding hydrogens is 348 g/mol. The van der Waals surface area contributed by atoms with Crippen LogP contribution in [0.3, 0.4) is 0 Å². The van der Waals surface area contributed by atoms with Crippen LogP contribution in [0.15, 0.2) is 36.7 Å². The largest absolute Gasteiger partial charge is 0.493 e. The molecule has 1 aliphatic rings. The molecule has 1 saturated heterocycles. The summed E-state index contributed by atoms with van der Waals surface area (Å²) in [5.74, 6) is 0.868. The average molecular weight is 370 g/mol. The number of rotatable bonds is 6. The summed E-state index contributed by atoms with van der Waals surface area (Å²) in [5, 5.41) is 2.84. The lowest BCUT2D eigenvalue weighted by Crippen LogP contribution is -2.45. The summed E-state index contributed by atoms with van der Waals surface area (Å²) in [7, 11) is 3.10. The normalized spacial score (nSPS) is 13.9. The minimum atomic E-state index is -0.261. The van der Waals surface area contributed by atoms with Crippen molar-refractivity contribution in [2.45, 2.75) is 0 Å². The molecule has 142 valence electrons. The van der Waals surface area contributed by atoms with Crippen molar-refractivity contribution < 1.29 is 19.1 Å². The number of hydrogen-bond donors (Lipinski definition) is 1. The average Bonchev–Trinajstić information content (AvgIpc) is 2.73. The van der Waals surface area contributed by atoms with Gasteiger partial charge in [0.05, 0.1) is 31.7 Å². The van der Waals surface area contributed by atoms with Crippen LogP contribution in [-0.2, 0) is 4.79 Å². The van der Waals surface area contributed by atoms with Crippen LogP contribution in [0.4, 0.5) is 11.4 Å². The number of piperazine rings is 1. The summed E-state index contributed by atoms with van der Waals surface area (Å²) in [6.45, 7) is 2.74. The number of methoxy groups -OCH3 is 2. The van der Waals surface area contributed by atoms with Gasteiger partial charge < -0.3 is 24.6 Å². The fraction of sp³-hybridized carbons (Fsp3) is 0.316. The number of aromatic nitrogens is 1. The monoisotopic (exact) mass is 370 g/mol. The van der Waals surface area contributed by atoms with Gasteiger partial charge in [-0.25, -0.2) is 0 Å². The van der Waals surface area contributed by atoms with Crippen LogP contribution in [0.25, 0.3) is 0 Å². The van der Waals surface area contributed by atoms with Crippen LogP contribution in [-0.4, -0.2) is 62.6 Å². The van der Waals surface area contributed by atoms with Crippen LogP contribution in [0.5, 0.6) is 11.5 Å². The minimum Gasteiger partial charge on any atom is -0.493 e. The minimum absolute atomic E-state index is 0.261. The first-order valence-corrected chi connectivity index (χ1v) is 8.57. The number of amides is 2. The number of carbonyl (C=O) groups excluding carboxylic acids is 2. The lowest BCUT2D eigenvalue weighted by atomic mass is 10.2. The molecule has 1 fully saturated rings. The van der Waals surface area contributed by atoms with Gasteiger partial charge in [-0.2, -0.15) is 0 Å². The van der Waals surface area contributed by atoms with Crippen LogP contribution < -0.4 is 19.7 Å². The van der Waals surface area contributed by atoms with E-state index in [-0.39, 0.29) is 5.91 Å². The number of ether oxygens (including phenoxy) is 2. The van der Waals surface area contributed by atoms with Crippen molar-refractivity contribution in [3.05, 3.63) is 42.2 Å². The zero-order valence-corrected chi connectivity index (χ0v) is 15.3. The molecule has 1 aliphatic heterocycles. The molecule has 0 aliphatic carbocycles. The van der Waals surface area contributed by atoms with Gasteiger partial charge in [0.25, 0.3) is 5.91 Å². The van der Waals surface area contributed by atoms with Gasteiger partial charge in [0.2, 0.25) is 6.41 Å². The predicted molar refractivity (Wildman–Crippen MR) is 102 cm³/mol. The van der Waals surface area contributed by atoms with E-state index < -0.39 is 0 Å². The van der Waals surface area contributed by atoms with Gasteiger partial charge in [-0.05, 0) is 18.2 Å². The lowest BCUT2D eigenvalue weighted by Gasteiger charge is -2.34. The van der Waals surface area contributed by atoms with E-state index in [9.17, 15) is 9.59 Å². The van der Waals surface area contributed by atoms with Gasteiger partial charge in [-0.3, -0.25) is 14.6 Å². The molecule has 0 saturated carbocycles. The Kier molecular flexibility index (Phi) is 5.75. The summed E-state index contributed by atoms with van der Waals surface area (Å²) in [4.78, 5) is 31.5. The molecule has 27 heavy (non-hydrogen) atoms. The van der Waals surface area contributed by atoms with Crippen molar-refractivity contribution in [1.82, 2.24) is 9.88 Å². The predicted octanol–water partition coefficient (Wildman–Crippen LogP) is 1.63. The van der Waals surface area contributed by atoms with E-state index in [0.29, 0.717) is 48.9 Å². The summed E-state index contributed by atoms with van der Waals surface area (Å²) < 4.78 is 10.5. The van der Waals surface area contributed by atoms with E-state index >= 15 is 0 Å². The second-order valence-electron chi connectivity index (χ2n) is 6.08. The molecule has 8 heteroatoms. The molecule has 2 heterocycles. The van der Waals surface area contributed by atoms with Gasteiger partial charge in [0.15, 0.2) is 11.5 Å². The van der Waals surface area contributed by atoms with Crippen LogP contribution >= 0.6 is 0 Å². The van der Waals surface area contributed by atoms with E-state index in [1.807, 2.05) is 0 Å². The Labute approximate surface area is 157 Å². The van der Waals surface area contributed by atoms with Gasteiger partial charge in [0.1, 0.15) is 0 Å². The van der Waals surface area contributed by atoms with E-state index in [4.69, 9.17) is 9.47 Å². The fourth-order valence-corrected chi connectivity index (χ4v) is 2.93. The molecule has 0 atom stereocenters. The third-order valence-electron chi connectivity index (χ3n) is 4.46. The highest BCUT2D eigenvalue weighted by atomic mass is 16.5. The Morgan fingerprint density at radius 2 is 1.81 bits per heavy atom. The molecule has 2 aromatic rings. The second-order valence-corrected chi connectivity index (χ2v) is 6.08. The molecule has 8 nitrogen and oxygen atoms in total. The standard InChI is InChI=1S/C19H22N4O4/c1-26-17-4-3-15(10-18(17)27-2)21-19(25)14-9-16(12-20-11-14)23-7-5-22(13-24)6-8-23/h3-4,9-13H,5-8H2,1-2H3,(H,21,25). The summed E-state index contributed by atoms with van der Waals surface area (Å²) in [6.07, 6.45) is 4.12. The lowest BCUT2D eigenvalue weighted by molar-refractivity contribution is -0.118. The van der Waals surface area contributed by atoms with Crippen molar-refractivity contribution in [3.63, 3.8) is 0 Å².